The van der Waals surface area contributed by atoms with Crippen LogP contribution in [0.15, 0.2) is 47.3 Å². The first-order valence-electron chi connectivity index (χ1n) is 6.06. The van der Waals surface area contributed by atoms with Crippen molar-refractivity contribution in [1.29, 1.82) is 0 Å². The van der Waals surface area contributed by atoms with Crippen molar-refractivity contribution >= 4 is 5.91 Å². The third-order valence-electron chi connectivity index (χ3n) is 3.08. The molecule has 0 spiro atoms. The van der Waals surface area contributed by atoms with E-state index in [1.54, 1.807) is 24.3 Å². The van der Waals surface area contributed by atoms with Crippen LogP contribution >= 0.6 is 0 Å². The predicted octanol–water partition coefficient (Wildman–Crippen LogP) is 3.13. The molecule has 0 radical (unpaired) electrons. The highest BCUT2D eigenvalue weighted by Gasteiger charge is 2.24. The highest BCUT2D eigenvalue weighted by molar-refractivity contribution is 5.93. The van der Waals surface area contributed by atoms with Crippen LogP contribution in [0.25, 0.3) is 0 Å². The van der Waals surface area contributed by atoms with E-state index in [4.69, 9.17) is 4.42 Å². The number of furan rings is 1. The van der Waals surface area contributed by atoms with Gasteiger partial charge in [-0.3, -0.25) is 4.79 Å². The second kappa shape index (κ2) is 5.26. The average Bonchev–Trinajstić information content (AvgIpc) is 2.90. The summed E-state index contributed by atoms with van der Waals surface area (Å²) in [5, 5.41) is 2.79. The lowest BCUT2D eigenvalue weighted by atomic mass is 9.84. The summed E-state index contributed by atoms with van der Waals surface area (Å²) in [6.45, 7) is 4.13. The lowest BCUT2D eigenvalue weighted by Gasteiger charge is -2.26. The highest BCUT2D eigenvalue weighted by Crippen LogP contribution is 2.24. The quantitative estimate of drug-likeness (QED) is 0.918. The normalized spacial score (nSPS) is 11.3. The van der Waals surface area contributed by atoms with E-state index >= 15 is 0 Å². The number of hydrogen-bond acceptors (Lipinski definition) is 2. The summed E-state index contributed by atoms with van der Waals surface area (Å²) in [6.07, 6.45) is 2.82. The van der Waals surface area contributed by atoms with Gasteiger partial charge in [0.25, 0.3) is 5.91 Å². The predicted molar refractivity (Wildman–Crippen MR) is 70.5 cm³/mol. The molecule has 0 aliphatic heterocycles. The Morgan fingerprint density at radius 1 is 1.32 bits per heavy atom. The van der Waals surface area contributed by atoms with E-state index in [-0.39, 0.29) is 11.7 Å². The van der Waals surface area contributed by atoms with E-state index < -0.39 is 5.41 Å². The zero-order valence-corrected chi connectivity index (χ0v) is 10.9. The highest BCUT2D eigenvalue weighted by atomic mass is 19.1. The van der Waals surface area contributed by atoms with Gasteiger partial charge in [-0.25, -0.2) is 4.39 Å². The van der Waals surface area contributed by atoms with Crippen LogP contribution in [-0.4, -0.2) is 12.5 Å². The minimum Gasteiger partial charge on any atom is -0.472 e. The molecule has 4 heteroatoms. The van der Waals surface area contributed by atoms with E-state index in [1.807, 2.05) is 13.8 Å². The van der Waals surface area contributed by atoms with Crippen molar-refractivity contribution in [2.75, 3.05) is 6.54 Å². The molecule has 0 atom stereocenters. The molecule has 100 valence electrons. The molecule has 1 N–H and O–H groups in total. The maximum atomic E-state index is 13.8. The van der Waals surface area contributed by atoms with Gasteiger partial charge < -0.3 is 9.73 Å². The Bertz CT molecular complexity index is 561. The number of benzene rings is 1. The van der Waals surface area contributed by atoms with Crippen molar-refractivity contribution < 1.29 is 13.6 Å². The summed E-state index contributed by atoms with van der Waals surface area (Å²) in [5.74, 6) is -0.483. The number of amides is 1. The van der Waals surface area contributed by atoms with E-state index in [9.17, 15) is 9.18 Å². The molecule has 0 bridgehead atoms. The monoisotopic (exact) mass is 261 g/mol. The molecule has 0 aliphatic carbocycles. The van der Waals surface area contributed by atoms with Crippen LogP contribution in [0.2, 0.25) is 0 Å². The minimum atomic E-state index is -0.481. The van der Waals surface area contributed by atoms with Crippen LogP contribution in [0.4, 0.5) is 4.39 Å². The summed E-state index contributed by atoms with van der Waals surface area (Å²) < 4.78 is 18.6. The summed E-state index contributed by atoms with van der Waals surface area (Å²) in [7, 11) is 0. The minimum absolute atomic E-state index is 0.224. The molecule has 3 nitrogen and oxygen atoms in total. The fraction of sp³-hybridized carbons (Fsp3) is 0.267. The van der Waals surface area contributed by atoms with Gasteiger partial charge in [0, 0.05) is 12.0 Å². The summed E-state index contributed by atoms with van der Waals surface area (Å²) in [5.41, 5.74) is 0.567. The molecule has 0 saturated heterocycles. The Morgan fingerprint density at radius 3 is 2.68 bits per heavy atom. The molecule has 1 amide bonds. The van der Waals surface area contributed by atoms with Gasteiger partial charge in [0.2, 0.25) is 0 Å². The van der Waals surface area contributed by atoms with Crippen molar-refractivity contribution in [3.8, 4) is 0 Å². The van der Waals surface area contributed by atoms with Crippen LogP contribution < -0.4 is 5.32 Å². The SMILES string of the molecule is CC(C)(CNC(=O)c1ccoc1)c1ccccc1F. The van der Waals surface area contributed by atoms with Gasteiger partial charge in [0.1, 0.15) is 12.1 Å². The smallest absolute Gasteiger partial charge is 0.254 e. The molecule has 1 heterocycles. The van der Waals surface area contributed by atoms with Crippen LogP contribution in [0.3, 0.4) is 0 Å². The number of carbonyl (C=O) groups excluding carboxylic acids is 1. The third kappa shape index (κ3) is 3.02. The summed E-state index contributed by atoms with van der Waals surface area (Å²) in [6, 6.07) is 8.19. The van der Waals surface area contributed by atoms with E-state index in [2.05, 4.69) is 5.32 Å². The standard InChI is InChI=1S/C15H16FNO2/c1-15(2,12-5-3-4-6-13(12)16)10-17-14(18)11-7-8-19-9-11/h3-9H,10H2,1-2H3,(H,17,18). The third-order valence-corrected chi connectivity index (χ3v) is 3.08. The second-order valence-corrected chi connectivity index (χ2v) is 5.06. The first-order valence-corrected chi connectivity index (χ1v) is 6.06. The molecular weight excluding hydrogens is 245 g/mol. The molecule has 0 fully saturated rings. The molecule has 2 rings (SSSR count). The van der Waals surface area contributed by atoms with E-state index in [1.165, 1.54) is 18.6 Å². The molecule has 1 aromatic heterocycles. The first kappa shape index (κ1) is 13.3. The molecule has 19 heavy (non-hydrogen) atoms. The zero-order chi connectivity index (χ0) is 13.9. The molecule has 1 aromatic carbocycles. The molecule has 0 aliphatic rings. The van der Waals surface area contributed by atoms with Gasteiger partial charge in [-0.15, -0.1) is 0 Å². The van der Waals surface area contributed by atoms with Crippen LogP contribution in [0.1, 0.15) is 29.8 Å². The zero-order valence-electron chi connectivity index (χ0n) is 10.9. The van der Waals surface area contributed by atoms with E-state index in [0.717, 1.165) is 0 Å². The van der Waals surface area contributed by atoms with Gasteiger partial charge in [0.05, 0.1) is 11.8 Å². The molecular formula is C15H16FNO2. The molecule has 0 saturated carbocycles. The number of halogens is 1. The largest absolute Gasteiger partial charge is 0.472 e. The van der Waals surface area contributed by atoms with E-state index in [0.29, 0.717) is 17.7 Å². The Balaban J connectivity index is 2.06. The number of nitrogens with one attached hydrogen (secondary N) is 1. The number of rotatable bonds is 4. The fourth-order valence-corrected chi connectivity index (χ4v) is 1.90. The van der Waals surface area contributed by atoms with Crippen LogP contribution in [-0.2, 0) is 5.41 Å². The summed E-state index contributed by atoms with van der Waals surface area (Å²) >= 11 is 0. The maximum Gasteiger partial charge on any atom is 0.254 e. The topological polar surface area (TPSA) is 42.2 Å². The van der Waals surface area contributed by atoms with Crippen molar-refractivity contribution in [2.24, 2.45) is 0 Å². The fourth-order valence-electron chi connectivity index (χ4n) is 1.90. The van der Waals surface area contributed by atoms with Crippen molar-refractivity contribution in [3.05, 3.63) is 59.8 Å². The van der Waals surface area contributed by atoms with Crippen LogP contribution in [0, 0.1) is 5.82 Å². The van der Waals surface area contributed by atoms with Crippen molar-refractivity contribution in [2.45, 2.75) is 19.3 Å². The average molecular weight is 261 g/mol. The van der Waals surface area contributed by atoms with Gasteiger partial charge in [-0.05, 0) is 17.7 Å². The van der Waals surface area contributed by atoms with Gasteiger partial charge in [-0.2, -0.15) is 0 Å². The van der Waals surface area contributed by atoms with Crippen molar-refractivity contribution in [3.63, 3.8) is 0 Å². The Hall–Kier alpha value is -2.10. The summed E-state index contributed by atoms with van der Waals surface area (Å²) in [4.78, 5) is 11.8. The lowest BCUT2D eigenvalue weighted by Crippen LogP contribution is -2.37. The van der Waals surface area contributed by atoms with Gasteiger partial charge in [0.15, 0.2) is 0 Å². The Labute approximate surface area is 111 Å². The number of hydrogen-bond donors (Lipinski definition) is 1. The second-order valence-electron chi connectivity index (χ2n) is 5.06. The van der Waals surface area contributed by atoms with Gasteiger partial charge >= 0.3 is 0 Å². The lowest BCUT2D eigenvalue weighted by molar-refractivity contribution is 0.0944. The molecule has 2 aromatic rings. The van der Waals surface area contributed by atoms with Gasteiger partial charge in [-0.1, -0.05) is 32.0 Å². The Kier molecular flexibility index (Phi) is 3.69. The van der Waals surface area contributed by atoms with Crippen LogP contribution in [0.5, 0.6) is 0 Å². The van der Waals surface area contributed by atoms with Crippen molar-refractivity contribution in [1.82, 2.24) is 5.32 Å². The maximum absolute atomic E-state index is 13.8. The first-order chi connectivity index (χ1) is 9.00. The Morgan fingerprint density at radius 2 is 2.05 bits per heavy atom. The number of carbonyl (C=O) groups is 1. The molecule has 0 unspecified atom stereocenters.